The van der Waals surface area contributed by atoms with Crippen LogP contribution in [0.3, 0.4) is 0 Å². The predicted octanol–water partition coefficient (Wildman–Crippen LogP) is 2.86. The van der Waals surface area contributed by atoms with Gasteiger partial charge < -0.3 is 0 Å². The highest BCUT2D eigenvalue weighted by Crippen LogP contribution is 2.24. The molecule has 0 aliphatic carbocycles. The number of nitrogens with one attached hydrogen (secondary N) is 1. The Morgan fingerprint density at radius 2 is 1.71 bits per heavy atom. The molecule has 0 aromatic heterocycles. The van der Waals surface area contributed by atoms with Crippen molar-refractivity contribution in [2.24, 2.45) is 5.84 Å². The molecule has 0 fully saturated rings. The monoisotopic (exact) mass is 226 g/mol. The quantitative estimate of drug-likeness (QED) is 0.624. The summed E-state index contributed by atoms with van der Waals surface area (Å²) < 4.78 is 0. The van der Waals surface area contributed by atoms with Crippen molar-refractivity contribution in [2.45, 2.75) is 19.9 Å². The Bertz CT molecular complexity index is 492. The van der Waals surface area contributed by atoms with Gasteiger partial charge in [-0.2, -0.15) is 0 Å². The van der Waals surface area contributed by atoms with Gasteiger partial charge in [-0.05, 0) is 30.5 Å². The Balaban J connectivity index is 2.46. The molecule has 0 spiro atoms. The highest BCUT2D eigenvalue weighted by molar-refractivity contribution is 5.38. The minimum Gasteiger partial charge on any atom is -0.271 e. The van der Waals surface area contributed by atoms with Crippen LogP contribution < -0.4 is 11.3 Å². The smallest absolute Gasteiger partial charge is 0.0712 e. The van der Waals surface area contributed by atoms with Gasteiger partial charge in [0.15, 0.2) is 0 Å². The number of benzene rings is 2. The molecule has 0 heterocycles. The molecule has 1 atom stereocenters. The molecular formula is C15H18N2. The summed E-state index contributed by atoms with van der Waals surface area (Å²) in [6.07, 6.45) is 0. The van der Waals surface area contributed by atoms with Gasteiger partial charge in [0, 0.05) is 0 Å². The summed E-state index contributed by atoms with van der Waals surface area (Å²) in [4.78, 5) is 0. The molecule has 88 valence electrons. The van der Waals surface area contributed by atoms with Crippen molar-refractivity contribution in [3.05, 3.63) is 70.8 Å². The second kappa shape index (κ2) is 5.13. The highest BCUT2D eigenvalue weighted by Gasteiger charge is 2.14. The van der Waals surface area contributed by atoms with Gasteiger partial charge >= 0.3 is 0 Å². The van der Waals surface area contributed by atoms with Crippen LogP contribution in [-0.4, -0.2) is 0 Å². The molecule has 0 saturated carbocycles. The van der Waals surface area contributed by atoms with E-state index >= 15 is 0 Å². The minimum absolute atomic E-state index is 0.0519. The first-order valence-electron chi connectivity index (χ1n) is 5.80. The zero-order valence-electron chi connectivity index (χ0n) is 10.3. The summed E-state index contributed by atoms with van der Waals surface area (Å²) in [6.45, 7) is 4.21. The number of aryl methyl sites for hydroxylation is 2. The molecule has 2 aromatic rings. The fourth-order valence-corrected chi connectivity index (χ4v) is 2.08. The van der Waals surface area contributed by atoms with E-state index in [1.807, 2.05) is 18.2 Å². The van der Waals surface area contributed by atoms with Gasteiger partial charge in [-0.15, -0.1) is 0 Å². The summed E-state index contributed by atoms with van der Waals surface area (Å²) >= 11 is 0. The summed E-state index contributed by atoms with van der Waals surface area (Å²) in [6, 6.07) is 16.8. The average molecular weight is 226 g/mol. The number of hydrogen-bond acceptors (Lipinski definition) is 2. The van der Waals surface area contributed by atoms with Crippen LogP contribution in [0, 0.1) is 13.8 Å². The number of nitrogens with two attached hydrogens (primary N) is 1. The maximum atomic E-state index is 5.71. The van der Waals surface area contributed by atoms with E-state index in [0.29, 0.717) is 0 Å². The highest BCUT2D eigenvalue weighted by atomic mass is 15.2. The van der Waals surface area contributed by atoms with E-state index in [9.17, 15) is 0 Å². The van der Waals surface area contributed by atoms with Gasteiger partial charge in [0.1, 0.15) is 0 Å². The SMILES string of the molecule is Cc1ccc(C)c(C(NN)c2ccccc2)c1. The van der Waals surface area contributed by atoms with Gasteiger partial charge in [-0.3, -0.25) is 5.84 Å². The Kier molecular flexibility index (Phi) is 3.57. The molecule has 0 aliphatic rings. The fourth-order valence-electron chi connectivity index (χ4n) is 2.08. The summed E-state index contributed by atoms with van der Waals surface area (Å²) in [7, 11) is 0. The van der Waals surface area contributed by atoms with Crippen LogP contribution in [0.25, 0.3) is 0 Å². The first-order valence-corrected chi connectivity index (χ1v) is 5.80. The summed E-state index contributed by atoms with van der Waals surface area (Å²) in [5.41, 5.74) is 7.83. The van der Waals surface area contributed by atoms with Gasteiger partial charge in [-0.1, -0.05) is 54.1 Å². The van der Waals surface area contributed by atoms with Crippen molar-refractivity contribution < 1.29 is 0 Å². The molecule has 2 aromatic carbocycles. The molecule has 0 saturated heterocycles. The van der Waals surface area contributed by atoms with Gasteiger partial charge in [0.05, 0.1) is 6.04 Å². The first kappa shape index (κ1) is 11.8. The van der Waals surface area contributed by atoms with Crippen molar-refractivity contribution >= 4 is 0 Å². The third-order valence-corrected chi connectivity index (χ3v) is 3.05. The molecule has 2 heteroatoms. The third-order valence-electron chi connectivity index (χ3n) is 3.05. The lowest BCUT2D eigenvalue weighted by molar-refractivity contribution is 0.633. The lowest BCUT2D eigenvalue weighted by Crippen LogP contribution is -2.29. The van der Waals surface area contributed by atoms with E-state index in [0.717, 1.165) is 0 Å². The Morgan fingerprint density at radius 1 is 1.00 bits per heavy atom. The van der Waals surface area contributed by atoms with Crippen molar-refractivity contribution in [1.29, 1.82) is 0 Å². The van der Waals surface area contributed by atoms with Crippen LogP contribution >= 0.6 is 0 Å². The first-order chi connectivity index (χ1) is 8.22. The Morgan fingerprint density at radius 3 is 2.35 bits per heavy atom. The van der Waals surface area contributed by atoms with Crippen molar-refractivity contribution in [3.63, 3.8) is 0 Å². The maximum Gasteiger partial charge on any atom is 0.0712 e. The van der Waals surface area contributed by atoms with Crippen molar-refractivity contribution in [3.8, 4) is 0 Å². The van der Waals surface area contributed by atoms with Crippen LogP contribution in [0.5, 0.6) is 0 Å². The van der Waals surface area contributed by atoms with Gasteiger partial charge in [0.25, 0.3) is 0 Å². The fraction of sp³-hybridized carbons (Fsp3) is 0.200. The van der Waals surface area contributed by atoms with Crippen LogP contribution in [0.4, 0.5) is 0 Å². The third kappa shape index (κ3) is 2.54. The second-order valence-corrected chi connectivity index (χ2v) is 4.37. The molecule has 1 unspecified atom stereocenters. The zero-order valence-corrected chi connectivity index (χ0v) is 10.3. The van der Waals surface area contributed by atoms with Crippen LogP contribution in [0.1, 0.15) is 28.3 Å². The van der Waals surface area contributed by atoms with Gasteiger partial charge in [-0.25, -0.2) is 5.43 Å². The maximum absolute atomic E-state index is 5.71. The standard InChI is InChI=1S/C15H18N2/c1-11-8-9-12(2)14(10-11)15(17-16)13-6-4-3-5-7-13/h3-10,15,17H,16H2,1-2H3. The van der Waals surface area contributed by atoms with Crippen LogP contribution in [0.15, 0.2) is 48.5 Å². The Hall–Kier alpha value is -1.64. The molecule has 2 nitrogen and oxygen atoms in total. The van der Waals surface area contributed by atoms with Crippen LogP contribution in [-0.2, 0) is 0 Å². The lowest BCUT2D eigenvalue weighted by atomic mass is 9.94. The van der Waals surface area contributed by atoms with E-state index in [2.05, 4.69) is 49.6 Å². The number of hydrogen-bond donors (Lipinski definition) is 2. The zero-order chi connectivity index (χ0) is 12.3. The number of hydrazine groups is 1. The van der Waals surface area contributed by atoms with E-state index in [4.69, 9.17) is 5.84 Å². The van der Waals surface area contributed by atoms with Crippen LogP contribution in [0.2, 0.25) is 0 Å². The molecule has 2 rings (SSSR count). The second-order valence-electron chi connectivity index (χ2n) is 4.37. The Labute approximate surface area is 102 Å². The largest absolute Gasteiger partial charge is 0.271 e. The molecule has 0 amide bonds. The van der Waals surface area contributed by atoms with E-state index < -0.39 is 0 Å². The molecule has 0 radical (unpaired) electrons. The van der Waals surface area contributed by atoms with Crippen molar-refractivity contribution in [2.75, 3.05) is 0 Å². The molecule has 3 N–H and O–H groups in total. The number of rotatable bonds is 3. The molecule has 0 aliphatic heterocycles. The predicted molar refractivity (Wildman–Crippen MR) is 71.5 cm³/mol. The lowest BCUT2D eigenvalue weighted by Gasteiger charge is -2.19. The molecule has 0 bridgehead atoms. The molecule has 17 heavy (non-hydrogen) atoms. The van der Waals surface area contributed by atoms with Crippen molar-refractivity contribution in [1.82, 2.24) is 5.43 Å². The topological polar surface area (TPSA) is 38.0 Å². The average Bonchev–Trinajstić information content (AvgIpc) is 2.36. The summed E-state index contributed by atoms with van der Waals surface area (Å²) in [5.74, 6) is 5.71. The molecular weight excluding hydrogens is 208 g/mol. The summed E-state index contributed by atoms with van der Waals surface area (Å²) in [5, 5.41) is 0. The minimum atomic E-state index is 0.0519. The van der Waals surface area contributed by atoms with E-state index in [-0.39, 0.29) is 6.04 Å². The van der Waals surface area contributed by atoms with E-state index in [1.165, 1.54) is 22.3 Å². The van der Waals surface area contributed by atoms with Gasteiger partial charge in [0.2, 0.25) is 0 Å². The normalized spacial score (nSPS) is 12.4. The van der Waals surface area contributed by atoms with E-state index in [1.54, 1.807) is 0 Å².